The van der Waals surface area contributed by atoms with Crippen LogP contribution in [0.25, 0.3) is 0 Å². The molecule has 0 heterocycles. The molecule has 0 saturated heterocycles. The molecule has 0 aliphatic heterocycles. The van der Waals surface area contributed by atoms with Crippen molar-refractivity contribution in [2.75, 3.05) is 5.32 Å². The van der Waals surface area contributed by atoms with Crippen LogP contribution in [-0.2, 0) is 13.2 Å². The Kier molecular flexibility index (Phi) is 5.66. The summed E-state index contributed by atoms with van der Waals surface area (Å²) in [5.74, 6) is 0.515. The van der Waals surface area contributed by atoms with E-state index in [1.807, 2.05) is 49.4 Å². The van der Waals surface area contributed by atoms with Crippen LogP contribution in [0.15, 0.2) is 72.8 Å². The molecule has 0 bridgehead atoms. The van der Waals surface area contributed by atoms with E-state index in [-0.39, 0.29) is 12.5 Å². The highest BCUT2D eigenvalue weighted by molar-refractivity contribution is 6.04. The van der Waals surface area contributed by atoms with Crippen LogP contribution in [0.4, 0.5) is 5.69 Å². The van der Waals surface area contributed by atoms with Crippen LogP contribution in [0.3, 0.4) is 0 Å². The molecular formula is C22H21NO3. The standard InChI is InChI=1S/C22H21NO3/c1-16-7-8-18(14-24)13-21(16)23-22(25)19-9-11-20(12-10-19)26-15-17-5-3-2-4-6-17/h2-13,24H,14-15H2,1H3,(H,23,25). The van der Waals surface area contributed by atoms with Crippen LogP contribution in [0.5, 0.6) is 5.75 Å². The fourth-order valence-electron chi connectivity index (χ4n) is 2.54. The van der Waals surface area contributed by atoms with Gasteiger partial charge in [0.25, 0.3) is 5.91 Å². The lowest BCUT2D eigenvalue weighted by Gasteiger charge is -2.11. The lowest BCUT2D eigenvalue weighted by Crippen LogP contribution is -2.13. The zero-order chi connectivity index (χ0) is 18.4. The van der Waals surface area contributed by atoms with Crippen molar-refractivity contribution in [2.45, 2.75) is 20.1 Å². The number of amides is 1. The number of carbonyl (C=O) groups excluding carboxylic acids is 1. The number of benzene rings is 3. The van der Waals surface area contributed by atoms with Gasteiger partial charge < -0.3 is 15.2 Å². The van der Waals surface area contributed by atoms with E-state index in [0.717, 1.165) is 16.7 Å². The maximum absolute atomic E-state index is 12.4. The van der Waals surface area contributed by atoms with E-state index >= 15 is 0 Å². The van der Waals surface area contributed by atoms with Gasteiger partial charge in [0, 0.05) is 11.3 Å². The lowest BCUT2D eigenvalue weighted by molar-refractivity contribution is 0.102. The number of rotatable bonds is 6. The van der Waals surface area contributed by atoms with Gasteiger partial charge in [-0.05, 0) is 53.9 Å². The van der Waals surface area contributed by atoms with Crippen molar-refractivity contribution in [3.8, 4) is 5.75 Å². The molecule has 0 unspecified atom stereocenters. The summed E-state index contributed by atoms with van der Waals surface area (Å²) >= 11 is 0. The number of aliphatic hydroxyl groups is 1. The van der Waals surface area contributed by atoms with E-state index in [2.05, 4.69) is 5.32 Å². The summed E-state index contributed by atoms with van der Waals surface area (Å²) in [5, 5.41) is 12.1. The Balaban J connectivity index is 1.63. The lowest BCUT2D eigenvalue weighted by atomic mass is 10.1. The molecule has 4 heteroatoms. The van der Waals surface area contributed by atoms with Crippen LogP contribution < -0.4 is 10.1 Å². The number of hydrogen-bond acceptors (Lipinski definition) is 3. The summed E-state index contributed by atoms with van der Waals surface area (Å²) < 4.78 is 5.73. The monoisotopic (exact) mass is 347 g/mol. The van der Waals surface area contributed by atoms with Gasteiger partial charge in [-0.2, -0.15) is 0 Å². The molecule has 132 valence electrons. The van der Waals surface area contributed by atoms with E-state index in [4.69, 9.17) is 4.74 Å². The summed E-state index contributed by atoms with van der Waals surface area (Å²) in [5.41, 5.74) is 4.04. The summed E-state index contributed by atoms with van der Waals surface area (Å²) in [4.78, 5) is 12.4. The zero-order valence-electron chi connectivity index (χ0n) is 14.6. The fourth-order valence-corrected chi connectivity index (χ4v) is 2.54. The molecule has 0 spiro atoms. The first-order chi connectivity index (χ1) is 12.7. The average Bonchev–Trinajstić information content (AvgIpc) is 2.69. The molecule has 0 fully saturated rings. The summed E-state index contributed by atoms with van der Waals surface area (Å²) in [7, 11) is 0. The summed E-state index contributed by atoms with van der Waals surface area (Å²) in [6.45, 7) is 2.34. The normalized spacial score (nSPS) is 10.4. The molecule has 3 aromatic rings. The highest BCUT2D eigenvalue weighted by atomic mass is 16.5. The third kappa shape index (κ3) is 4.49. The quantitative estimate of drug-likeness (QED) is 0.698. The Morgan fingerprint density at radius 3 is 2.38 bits per heavy atom. The third-order valence-corrected chi connectivity index (χ3v) is 4.10. The molecule has 1 amide bonds. The summed E-state index contributed by atoms with van der Waals surface area (Å²) in [6, 6.07) is 22.5. The smallest absolute Gasteiger partial charge is 0.255 e. The Morgan fingerprint density at radius 1 is 0.962 bits per heavy atom. The Morgan fingerprint density at radius 2 is 1.69 bits per heavy atom. The van der Waals surface area contributed by atoms with Gasteiger partial charge in [0.15, 0.2) is 0 Å². The van der Waals surface area contributed by atoms with Gasteiger partial charge in [0.2, 0.25) is 0 Å². The van der Waals surface area contributed by atoms with Crippen molar-refractivity contribution in [3.05, 3.63) is 95.1 Å². The van der Waals surface area contributed by atoms with E-state index < -0.39 is 0 Å². The van der Waals surface area contributed by atoms with Crippen LogP contribution in [0, 0.1) is 6.92 Å². The Bertz CT molecular complexity index is 874. The number of nitrogens with one attached hydrogen (secondary N) is 1. The molecule has 2 N–H and O–H groups in total. The summed E-state index contributed by atoms with van der Waals surface area (Å²) in [6.07, 6.45) is 0. The minimum absolute atomic E-state index is 0.0589. The van der Waals surface area contributed by atoms with Crippen molar-refractivity contribution in [1.29, 1.82) is 0 Å². The topological polar surface area (TPSA) is 58.6 Å². The van der Waals surface area contributed by atoms with Gasteiger partial charge in [-0.1, -0.05) is 42.5 Å². The van der Waals surface area contributed by atoms with Crippen molar-refractivity contribution in [3.63, 3.8) is 0 Å². The van der Waals surface area contributed by atoms with Gasteiger partial charge in [-0.3, -0.25) is 4.79 Å². The second-order valence-corrected chi connectivity index (χ2v) is 6.06. The molecule has 0 saturated carbocycles. The molecule has 3 aromatic carbocycles. The SMILES string of the molecule is Cc1ccc(CO)cc1NC(=O)c1ccc(OCc2ccccc2)cc1. The minimum Gasteiger partial charge on any atom is -0.489 e. The average molecular weight is 347 g/mol. The van der Waals surface area contributed by atoms with Crippen LogP contribution in [0.2, 0.25) is 0 Å². The second kappa shape index (κ2) is 8.32. The second-order valence-electron chi connectivity index (χ2n) is 6.06. The maximum atomic E-state index is 12.4. The minimum atomic E-state index is -0.196. The first-order valence-corrected chi connectivity index (χ1v) is 8.44. The Hall–Kier alpha value is -3.11. The molecule has 0 atom stereocenters. The van der Waals surface area contributed by atoms with Crippen molar-refractivity contribution < 1.29 is 14.6 Å². The third-order valence-electron chi connectivity index (χ3n) is 4.10. The Labute approximate surface area is 153 Å². The predicted octanol–water partition coefficient (Wildman–Crippen LogP) is 4.32. The number of hydrogen-bond donors (Lipinski definition) is 2. The molecule has 0 aromatic heterocycles. The van der Waals surface area contributed by atoms with Crippen molar-refractivity contribution in [1.82, 2.24) is 0 Å². The van der Waals surface area contributed by atoms with Gasteiger partial charge in [-0.15, -0.1) is 0 Å². The molecule has 0 aliphatic rings. The van der Waals surface area contributed by atoms with Crippen molar-refractivity contribution in [2.24, 2.45) is 0 Å². The number of ether oxygens (including phenoxy) is 1. The van der Waals surface area contributed by atoms with Gasteiger partial charge >= 0.3 is 0 Å². The molecule has 0 radical (unpaired) electrons. The van der Waals surface area contributed by atoms with Crippen LogP contribution >= 0.6 is 0 Å². The molecule has 26 heavy (non-hydrogen) atoms. The largest absolute Gasteiger partial charge is 0.489 e. The van der Waals surface area contributed by atoms with Gasteiger partial charge in [-0.25, -0.2) is 0 Å². The number of carbonyl (C=O) groups is 1. The molecule has 4 nitrogen and oxygen atoms in total. The fraction of sp³-hybridized carbons (Fsp3) is 0.136. The first kappa shape index (κ1) is 17.7. The van der Waals surface area contributed by atoms with E-state index in [9.17, 15) is 9.90 Å². The van der Waals surface area contributed by atoms with E-state index in [1.165, 1.54) is 0 Å². The first-order valence-electron chi connectivity index (χ1n) is 8.44. The zero-order valence-corrected chi connectivity index (χ0v) is 14.6. The van der Waals surface area contributed by atoms with E-state index in [0.29, 0.717) is 23.6 Å². The molecular weight excluding hydrogens is 326 g/mol. The van der Waals surface area contributed by atoms with Gasteiger partial charge in [0.1, 0.15) is 12.4 Å². The van der Waals surface area contributed by atoms with Crippen molar-refractivity contribution >= 4 is 11.6 Å². The number of aliphatic hydroxyl groups excluding tert-OH is 1. The van der Waals surface area contributed by atoms with Gasteiger partial charge in [0.05, 0.1) is 6.61 Å². The number of anilines is 1. The molecule has 0 aliphatic carbocycles. The highest BCUT2D eigenvalue weighted by Gasteiger charge is 2.09. The maximum Gasteiger partial charge on any atom is 0.255 e. The van der Waals surface area contributed by atoms with Crippen LogP contribution in [0.1, 0.15) is 27.0 Å². The predicted molar refractivity (Wildman–Crippen MR) is 102 cm³/mol. The molecule has 3 rings (SSSR count). The van der Waals surface area contributed by atoms with Crippen LogP contribution in [-0.4, -0.2) is 11.0 Å². The number of aryl methyl sites for hydroxylation is 1. The van der Waals surface area contributed by atoms with E-state index in [1.54, 1.807) is 30.3 Å². The highest BCUT2D eigenvalue weighted by Crippen LogP contribution is 2.19.